The minimum Gasteiger partial charge on any atom is -0.325 e. The van der Waals surface area contributed by atoms with Crippen LogP contribution in [0, 0.1) is 5.82 Å². The van der Waals surface area contributed by atoms with Gasteiger partial charge in [0.25, 0.3) is 5.56 Å². The van der Waals surface area contributed by atoms with Gasteiger partial charge >= 0.3 is 0 Å². The third-order valence-electron chi connectivity index (χ3n) is 4.08. The Bertz CT molecular complexity index is 1020. The van der Waals surface area contributed by atoms with E-state index in [1.165, 1.54) is 30.0 Å². The van der Waals surface area contributed by atoms with Gasteiger partial charge in [-0.05, 0) is 35.7 Å². The molecule has 3 aromatic rings. The molecule has 0 aliphatic heterocycles. The van der Waals surface area contributed by atoms with E-state index in [0.29, 0.717) is 16.6 Å². The van der Waals surface area contributed by atoms with Crippen LogP contribution >= 0.6 is 11.8 Å². The maximum absolute atomic E-state index is 13.0. The average Bonchev–Trinajstić information content (AvgIpc) is 2.67. The second kappa shape index (κ2) is 9.32. The topological polar surface area (TPSA) is 74.8 Å². The van der Waals surface area contributed by atoms with Gasteiger partial charge in [0.2, 0.25) is 5.91 Å². The smallest absolute Gasteiger partial charge is 0.251 e. The van der Waals surface area contributed by atoms with Crippen molar-refractivity contribution in [1.82, 2.24) is 9.97 Å². The molecule has 2 aromatic carbocycles. The van der Waals surface area contributed by atoms with Crippen molar-refractivity contribution in [2.45, 2.75) is 30.7 Å². The molecule has 0 bridgehead atoms. The predicted octanol–water partition coefficient (Wildman–Crippen LogP) is 3.94. The Hall–Kier alpha value is -2.93. The van der Waals surface area contributed by atoms with E-state index in [1.807, 2.05) is 31.2 Å². The van der Waals surface area contributed by atoms with Crippen LogP contribution in [0.25, 0.3) is 0 Å². The molecule has 1 heterocycles. The second-order valence-corrected chi connectivity index (χ2v) is 7.16. The molecule has 0 radical (unpaired) electrons. The lowest BCUT2D eigenvalue weighted by molar-refractivity contribution is -0.115. The van der Waals surface area contributed by atoms with Crippen LogP contribution in [-0.4, -0.2) is 15.9 Å². The minimum atomic E-state index is -0.312. The average molecular weight is 397 g/mol. The van der Waals surface area contributed by atoms with E-state index in [0.717, 1.165) is 23.2 Å². The SMILES string of the molecule is CCc1ccccc1NC(=O)Cc1cc(=O)[nH]c(SCc2ccc(F)cc2)n1. The molecular weight excluding hydrogens is 377 g/mol. The van der Waals surface area contributed by atoms with Gasteiger partial charge < -0.3 is 10.3 Å². The molecular formula is C21H20FN3O2S. The minimum absolute atomic E-state index is 0.00603. The van der Waals surface area contributed by atoms with Crippen LogP contribution < -0.4 is 10.9 Å². The lowest BCUT2D eigenvalue weighted by Crippen LogP contribution is -2.19. The molecule has 0 saturated carbocycles. The molecule has 0 aliphatic rings. The van der Waals surface area contributed by atoms with Crippen molar-refractivity contribution in [3.63, 3.8) is 0 Å². The van der Waals surface area contributed by atoms with E-state index < -0.39 is 0 Å². The fraction of sp³-hybridized carbons (Fsp3) is 0.190. The number of benzene rings is 2. The number of H-pyrrole nitrogens is 1. The van der Waals surface area contributed by atoms with Gasteiger partial charge in [-0.25, -0.2) is 9.37 Å². The zero-order chi connectivity index (χ0) is 19.9. The first-order valence-electron chi connectivity index (χ1n) is 8.88. The summed E-state index contributed by atoms with van der Waals surface area (Å²) in [5.74, 6) is 0.00867. The number of anilines is 1. The Morgan fingerprint density at radius 3 is 2.68 bits per heavy atom. The van der Waals surface area contributed by atoms with Gasteiger partial charge in [0, 0.05) is 17.5 Å². The van der Waals surface area contributed by atoms with Gasteiger partial charge in [-0.3, -0.25) is 9.59 Å². The Labute approximate surface area is 166 Å². The molecule has 0 unspecified atom stereocenters. The van der Waals surface area contributed by atoms with Gasteiger partial charge in [-0.1, -0.05) is 49.0 Å². The highest BCUT2D eigenvalue weighted by Gasteiger charge is 2.10. The summed E-state index contributed by atoms with van der Waals surface area (Å²) in [6.07, 6.45) is 0.815. The van der Waals surface area contributed by atoms with Crippen molar-refractivity contribution in [3.8, 4) is 0 Å². The number of aromatic nitrogens is 2. The number of carbonyl (C=O) groups is 1. The number of halogens is 1. The van der Waals surface area contributed by atoms with Crippen LogP contribution in [0.1, 0.15) is 23.7 Å². The zero-order valence-electron chi connectivity index (χ0n) is 15.4. The number of thioether (sulfide) groups is 1. The van der Waals surface area contributed by atoms with Gasteiger partial charge in [0.1, 0.15) is 5.82 Å². The first kappa shape index (κ1) is 19.8. The van der Waals surface area contributed by atoms with Crippen LogP contribution in [0.15, 0.2) is 64.5 Å². The Morgan fingerprint density at radius 2 is 1.93 bits per heavy atom. The molecule has 5 nitrogen and oxygen atoms in total. The normalized spacial score (nSPS) is 10.6. The van der Waals surface area contributed by atoms with Crippen molar-refractivity contribution in [2.24, 2.45) is 0 Å². The number of aromatic amines is 1. The molecule has 1 aromatic heterocycles. The molecule has 0 atom stereocenters. The molecule has 0 spiro atoms. The number of hydrogen-bond acceptors (Lipinski definition) is 4. The van der Waals surface area contributed by atoms with E-state index in [-0.39, 0.29) is 23.7 Å². The number of rotatable bonds is 7. The molecule has 144 valence electrons. The van der Waals surface area contributed by atoms with Crippen molar-refractivity contribution < 1.29 is 9.18 Å². The molecule has 0 aliphatic carbocycles. The largest absolute Gasteiger partial charge is 0.325 e. The Balaban J connectivity index is 1.66. The highest BCUT2D eigenvalue weighted by atomic mass is 32.2. The van der Waals surface area contributed by atoms with E-state index in [2.05, 4.69) is 15.3 Å². The van der Waals surface area contributed by atoms with Crippen LogP contribution in [-0.2, 0) is 23.4 Å². The van der Waals surface area contributed by atoms with E-state index in [4.69, 9.17) is 0 Å². The number of nitrogens with zero attached hydrogens (tertiary/aromatic N) is 1. The summed E-state index contributed by atoms with van der Waals surface area (Å²) in [5.41, 5.74) is 2.81. The van der Waals surface area contributed by atoms with E-state index in [1.54, 1.807) is 12.1 Å². The number of carbonyl (C=O) groups excluding carboxylic acids is 1. The van der Waals surface area contributed by atoms with E-state index in [9.17, 15) is 14.0 Å². The summed E-state index contributed by atoms with van der Waals surface area (Å²) in [4.78, 5) is 31.3. The Morgan fingerprint density at radius 1 is 1.18 bits per heavy atom. The highest BCUT2D eigenvalue weighted by molar-refractivity contribution is 7.98. The van der Waals surface area contributed by atoms with Crippen LogP contribution in [0.2, 0.25) is 0 Å². The maximum atomic E-state index is 13.0. The molecule has 0 saturated heterocycles. The van der Waals surface area contributed by atoms with Gasteiger partial charge in [-0.2, -0.15) is 0 Å². The molecule has 28 heavy (non-hydrogen) atoms. The predicted molar refractivity (Wildman–Crippen MR) is 109 cm³/mol. The second-order valence-electron chi connectivity index (χ2n) is 6.19. The molecule has 2 N–H and O–H groups in total. The quantitative estimate of drug-likeness (QED) is 0.468. The monoisotopic (exact) mass is 397 g/mol. The maximum Gasteiger partial charge on any atom is 0.251 e. The Kier molecular flexibility index (Phi) is 6.60. The highest BCUT2D eigenvalue weighted by Crippen LogP contribution is 2.19. The van der Waals surface area contributed by atoms with Crippen LogP contribution in [0.3, 0.4) is 0 Å². The van der Waals surface area contributed by atoms with Gasteiger partial charge in [0.05, 0.1) is 12.1 Å². The van der Waals surface area contributed by atoms with Gasteiger partial charge in [0.15, 0.2) is 5.16 Å². The fourth-order valence-corrected chi connectivity index (χ4v) is 3.53. The summed E-state index contributed by atoms with van der Waals surface area (Å²) in [6.45, 7) is 2.02. The van der Waals surface area contributed by atoms with Crippen LogP contribution in [0.5, 0.6) is 0 Å². The van der Waals surface area contributed by atoms with Crippen molar-refractivity contribution in [3.05, 3.63) is 87.6 Å². The van der Waals surface area contributed by atoms with E-state index >= 15 is 0 Å². The first-order chi connectivity index (χ1) is 13.5. The summed E-state index contributed by atoms with van der Waals surface area (Å²) < 4.78 is 13.0. The number of hydrogen-bond donors (Lipinski definition) is 2. The number of para-hydroxylation sites is 1. The number of aryl methyl sites for hydroxylation is 1. The summed E-state index contributed by atoms with van der Waals surface area (Å²) in [6, 6.07) is 15.1. The van der Waals surface area contributed by atoms with Crippen LogP contribution in [0.4, 0.5) is 10.1 Å². The summed E-state index contributed by atoms with van der Waals surface area (Å²) >= 11 is 1.32. The third-order valence-corrected chi connectivity index (χ3v) is 5.02. The number of amides is 1. The molecule has 7 heteroatoms. The standard InChI is InChI=1S/C21H20FN3O2S/c1-2-15-5-3-4-6-18(15)24-19(26)11-17-12-20(27)25-21(23-17)28-13-14-7-9-16(22)10-8-14/h3-10,12H,2,11,13H2,1H3,(H,24,26)(H,23,25,27). The number of nitrogens with one attached hydrogen (secondary N) is 2. The summed E-state index contributed by atoms with van der Waals surface area (Å²) in [7, 11) is 0. The molecule has 1 amide bonds. The lowest BCUT2D eigenvalue weighted by atomic mass is 10.1. The lowest BCUT2D eigenvalue weighted by Gasteiger charge is -2.09. The molecule has 0 fully saturated rings. The zero-order valence-corrected chi connectivity index (χ0v) is 16.2. The van der Waals surface area contributed by atoms with Gasteiger partial charge in [-0.15, -0.1) is 0 Å². The van der Waals surface area contributed by atoms with Crippen molar-refractivity contribution in [1.29, 1.82) is 0 Å². The summed E-state index contributed by atoms with van der Waals surface area (Å²) in [5, 5.41) is 3.30. The third kappa shape index (κ3) is 5.53. The first-order valence-corrected chi connectivity index (χ1v) is 9.87. The molecule has 3 rings (SSSR count). The van der Waals surface area contributed by atoms with Crippen molar-refractivity contribution in [2.75, 3.05) is 5.32 Å². The fourth-order valence-electron chi connectivity index (χ4n) is 2.68. The van der Waals surface area contributed by atoms with Crippen molar-refractivity contribution >= 4 is 23.4 Å².